The fourth-order valence-electron chi connectivity index (χ4n) is 3.42. The Balaban J connectivity index is 1.90. The molecular formula is C14H22N2O. The van der Waals surface area contributed by atoms with Crippen LogP contribution in [0.2, 0.25) is 0 Å². The SMILES string of the molecule is Cn1c(C2CCCCC2)nc2c1CC(O)CC2. The van der Waals surface area contributed by atoms with Gasteiger partial charge in [-0.3, -0.25) is 0 Å². The van der Waals surface area contributed by atoms with Gasteiger partial charge in [0.25, 0.3) is 0 Å². The average molecular weight is 234 g/mol. The first kappa shape index (κ1) is 11.3. The van der Waals surface area contributed by atoms with Gasteiger partial charge < -0.3 is 9.67 Å². The van der Waals surface area contributed by atoms with Gasteiger partial charge >= 0.3 is 0 Å². The quantitative estimate of drug-likeness (QED) is 0.809. The van der Waals surface area contributed by atoms with E-state index in [0.717, 1.165) is 19.3 Å². The molecule has 1 atom stereocenters. The number of imidazole rings is 1. The van der Waals surface area contributed by atoms with Gasteiger partial charge in [0.2, 0.25) is 0 Å². The maximum absolute atomic E-state index is 9.76. The summed E-state index contributed by atoms with van der Waals surface area (Å²) < 4.78 is 2.27. The van der Waals surface area contributed by atoms with E-state index in [1.807, 2.05) is 0 Å². The fraction of sp³-hybridized carbons (Fsp3) is 0.786. The molecule has 94 valence electrons. The molecule has 1 aromatic heterocycles. The number of rotatable bonds is 1. The first-order valence-corrected chi connectivity index (χ1v) is 6.98. The summed E-state index contributed by atoms with van der Waals surface area (Å²) in [6, 6.07) is 0. The van der Waals surface area contributed by atoms with Gasteiger partial charge in [-0.2, -0.15) is 0 Å². The summed E-state index contributed by atoms with van der Waals surface area (Å²) in [5.74, 6) is 1.94. The van der Waals surface area contributed by atoms with Gasteiger partial charge in [0.1, 0.15) is 5.82 Å². The Morgan fingerprint density at radius 3 is 2.71 bits per heavy atom. The minimum absolute atomic E-state index is 0.155. The molecule has 1 saturated carbocycles. The van der Waals surface area contributed by atoms with Crippen LogP contribution in [-0.4, -0.2) is 20.8 Å². The standard InChI is InChI=1S/C14H22N2O/c1-16-13-9-11(17)7-8-12(13)15-14(16)10-5-3-2-4-6-10/h10-11,17H,2-9H2,1H3. The first-order chi connectivity index (χ1) is 8.25. The van der Waals surface area contributed by atoms with Crippen molar-refractivity contribution in [3.05, 3.63) is 17.2 Å². The van der Waals surface area contributed by atoms with Crippen molar-refractivity contribution in [2.75, 3.05) is 0 Å². The van der Waals surface area contributed by atoms with Crippen molar-refractivity contribution in [3.63, 3.8) is 0 Å². The molecular weight excluding hydrogens is 212 g/mol. The predicted octanol–water partition coefficient (Wildman–Crippen LogP) is 2.32. The summed E-state index contributed by atoms with van der Waals surface area (Å²) >= 11 is 0. The van der Waals surface area contributed by atoms with Gasteiger partial charge in [-0.05, 0) is 25.7 Å². The van der Waals surface area contributed by atoms with E-state index >= 15 is 0 Å². The molecule has 0 bridgehead atoms. The highest BCUT2D eigenvalue weighted by molar-refractivity contribution is 5.23. The van der Waals surface area contributed by atoms with Crippen LogP contribution in [0.5, 0.6) is 0 Å². The van der Waals surface area contributed by atoms with Crippen molar-refractivity contribution < 1.29 is 5.11 Å². The maximum Gasteiger partial charge on any atom is 0.112 e. The lowest BCUT2D eigenvalue weighted by atomic mass is 9.89. The van der Waals surface area contributed by atoms with E-state index in [1.165, 1.54) is 49.3 Å². The van der Waals surface area contributed by atoms with Gasteiger partial charge in [0, 0.05) is 25.1 Å². The molecule has 2 aliphatic rings. The summed E-state index contributed by atoms with van der Waals surface area (Å²) in [4.78, 5) is 4.86. The number of aryl methyl sites for hydroxylation is 1. The summed E-state index contributed by atoms with van der Waals surface area (Å²) in [6.07, 6.45) is 9.17. The van der Waals surface area contributed by atoms with Crippen molar-refractivity contribution >= 4 is 0 Å². The Bertz CT molecular complexity index is 405. The largest absolute Gasteiger partial charge is 0.393 e. The van der Waals surface area contributed by atoms with Gasteiger partial charge in [-0.25, -0.2) is 4.98 Å². The molecule has 3 rings (SSSR count). The van der Waals surface area contributed by atoms with Gasteiger partial charge in [-0.1, -0.05) is 19.3 Å². The summed E-state index contributed by atoms with van der Waals surface area (Å²) in [7, 11) is 2.13. The van der Waals surface area contributed by atoms with E-state index in [1.54, 1.807) is 0 Å². The van der Waals surface area contributed by atoms with E-state index < -0.39 is 0 Å². The van der Waals surface area contributed by atoms with Gasteiger partial charge in [0.05, 0.1) is 11.8 Å². The number of hydrogen-bond acceptors (Lipinski definition) is 2. The number of hydrogen-bond donors (Lipinski definition) is 1. The van der Waals surface area contributed by atoms with E-state index in [0.29, 0.717) is 5.92 Å². The lowest BCUT2D eigenvalue weighted by molar-refractivity contribution is 0.155. The van der Waals surface area contributed by atoms with Crippen LogP contribution >= 0.6 is 0 Å². The number of aliphatic hydroxyl groups is 1. The molecule has 0 radical (unpaired) electrons. The van der Waals surface area contributed by atoms with Crippen molar-refractivity contribution in [1.82, 2.24) is 9.55 Å². The van der Waals surface area contributed by atoms with Crippen molar-refractivity contribution in [2.45, 2.75) is 63.4 Å². The number of aliphatic hydroxyl groups excluding tert-OH is 1. The first-order valence-electron chi connectivity index (χ1n) is 6.98. The Morgan fingerprint density at radius 2 is 1.94 bits per heavy atom. The van der Waals surface area contributed by atoms with E-state index in [-0.39, 0.29) is 6.10 Å². The fourth-order valence-corrected chi connectivity index (χ4v) is 3.42. The third-order valence-corrected chi connectivity index (χ3v) is 4.44. The predicted molar refractivity (Wildman–Crippen MR) is 67.1 cm³/mol. The second kappa shape index (κ2) is 4.45. The van der Waals surface area contributed by atoms with Gasteiger partial charge in [-0.15, -0.1) is 0 Å². The van der Waals surface area contributed by atoms with E-state index in [2.05, 4.69) is 11.6 Å². The zero-order valence-corrected chi connectivity index (χ0v) is 10.7. The molecule has 0 amide bonds. The van der Waals surface area contributed by atoms with Crippen molar-refractivity contribution in [3.8, 4) is 0 Å². The van der Waals surface area contributed by atoms with Crippen LogP contribution in [0.15, 0.2) is 0 Å². The van der Waals surface area contributed by atoms with Crippen molar-refractivity contribution in [2.24, 2.45) is 7.05 Å². The van der Waals surface area contributed by atoms with Crippen LogP contribution in [0.4, 0.5) is 0 Å². The third kappa shape index (κ3) is 2.01. The summed E-state index contributed by atoms with van der Waals surface area (Å²) in [5.41, 5.74) is 2.53. The highest BCUT2D eigenvalue weighted by atomic mass is 16.3. The normalized spacial score (nSPS) is 25.9. The molecule has 1 aromatic rings. The zero-order chi connectivity index (χ0) is 11.8. The molecule has 1 unspecified atom stereocenters. The molecule has 0 aromatic carbocycles. The molecule has 1 fully saturated rings. The maximum atomic E-state index is 9.76. The molecule has 0 saturated heterocycles. The molecule has 3 heteroatoms. The Labute approximate surface area is 103 Å². The highest BCUT2D eigenvalue weighted by Gasteiger charge is 2.26. The smallest absolute Gasteiger partial charge is 0.112 e. The highest BCUT2D eigenvalue weighted by Crippen LogP contribution is 2.34. The second-order valence-electron chi connectivity index (χ2n) is 5.65. The third-order valence-electron chi connectivity index (χ3n) is 4.44. The van der Waals surface area contributed by atoms with Crippen LogP contribution in [0.25, 0.3) is 0 Å². The second-order valence-corrected chi connectivity index (χ2v) is 5.65. The molecule has 1 N–H and O–H groups in total. The van der Waals surface area contributed by atoms with Crippen LogP contribution in [0.3, 0.4) is 0 Å². The van der Waals surface area contributed by atoms with E-state index in [4.69, 9.17) is 4.98 Å². The number of aromatic nitrogens is 2. The Morgan fingerprint density at radius 1 is 1.18 bits per heavy atom. The van der Waals surface area contributed by atoms with Crippen LogP contribution < -0.4 is 0 Å². The molecule has 2 aliphatic carbocycles. The molecule has 1 heterocycles. The number of nitrogens with zero attached hydrogens (tertiary/aromatic N) is 2. The van der Waals surface area contributed by atoms with Crippen LogP contribution in [0, 0.1) is 0 Å². The molecule has 3 nitrogen and oxygen atoms in total. The van der Waals surface area contributed by atoms with Crippen LogP contribution in [0.1, 0.15) is 61.7 Å². The minimum Gasteiger partial charge on any atom is -0.393 e. The number of fused-ring (bicyclic) bond motifs is 1. The minimum atomic E-state index is -0.155. The monoisotopic (exact) mass is 234 g/mol. The zero-order valence-electron chi connectivity index (χ0n) is 10.7. The molecule has 0 aliphatic heterocycles. The van der Waals surface area contributed by atoms with E-state index in [9.17, 15) is 5.11 Å². The topological polar surface area (TPSA) is 38.0 Å². The van der Waals surface area contributed by atoms with Crippen molar-refractivity contribution in [1.29, 1.82) is 0 Å². The summed E-state index contributed by atoms with van der Waals surface area (Å²) in [6.45, 7) is 0. The van der Waals surface area contributed by atoms with Crippen LogP contribution in [-0.2, 0) is 19.9 Å². The Hall–Kier alpha value is -0.830. The summed E-state index contributed by atoms with van der Waals surface area (Å²) in [5, 5.41) is 9.76. The average Bonchev–Trinajstić information content (AvgIpc) is 2.68. The molecule has 17 heavy (non-hydrogen) atoms. The Kier molecular flexibility index (Phi) is 2.95. The molecule has 0 spiro atoms. The van der Waals surface area contributed by atoms with Gasteiger partial charge in [0.15, 0.2) is 0 Å². The lowest BCUT2D eigenvalue weighted by Crippen LogP contribution is -2.20. The lowest BCUT2D eigenvalue weighted by Gasteiger charge is -2.22.